The zero-order valence-corrected chi connectivity index (χ0v) is 22.8. The molecule has 3 aromatic rings. The molecule has 9 nitrogen and oxygen atoms in total. The van der Waals surface area contributed by atoms with Crippen LogP contribution in [0.3, 0.4) is 0 Å². The lowest BCUT2D eigenvalue weighted by Gasteiger charge is -2.33. The van der Waals surface area contributed by atoms with Gasteiger partial charge in [-0.3, -0.25) is 9.48 Å². The predicted octanol–water partition coefficient (Wildman–Crippen LogP) is 3.30. The number of aromatic nitrogens is 4. The summed E-state index contributed by atoms with van der Waals surface area (Å²) in [6.45, 7) is 5.06. The normalized spacial score (nSPS) is 18.4. The van der Waals surface area contributed by atoms with Crippen LogP contribution in [0.4, 0.5) is 23.4 Å². The largest absolute Gasteiger partial charge is 0.393 e. The highest BCUT2D eigenvalue weighted by Gasteiger charge is 2.32. The number of fused-ring (bicyclic) bond motifs is 1. The number of amides is 1. The Morgan fingerprint density at radius 1 is 1.27 bits per heavy atom. The van der Waals surface area contributed by atoms with Gasteiger partial charge in [-0.05, 0) is 45.4 Å². The van der Waals surface area contributed by atoms with Crippen molar-refractivity contribution in [3.05, 3.63) is 47.4 Å². The summed E-state index contributed by atoms with van der Waals surface area (Å²) in [7, 11) is 3.43. The third-order valence-electron chi connectivity index (χ3n) is 6.75. The molecule has 0 radical (unpaired) electrons. The molecule has 40 heavy (non-hydrogen) atoms. The highest BCUT2D eigenvalue weighted by Crippen LogP contribution is 2.28. The van der Waals surface area contributed by atoms with Crippen LogP contribution in [0.25, 0.3) is 5.52 Å². The van der Waals surface area contributed by atoms with Crippen LogP contribution in [0.1, 0.15) is 41.9 Å². The molecule has 1 fully saturated rings. The Balaban J connectivity index is 1.51. The van der Waals surface area contributed by atoms with Gasteiger partial charge in [0.25, 0.3) is 5.91 Å². The lowest BCUT2D eigenvalue weighted by molar-refractivity contribution is -0.127. The molecule has 13 heteroatoms. The number of nitrogens with zero attached hydrogens (tertiary/aromatic N) is 5. The number of pyridine rings is 1. The first-order valence-corrected chi connectivity index (χ1v) is 12.9. The minimum Gasteiger partial charge on any atom is -0.377 e. The first kappa shape index (κ1) is 29.4. The lowest BCUT2D eigenvalue weighted by atomic mass is 10.0. The number of likely N-dealkylation sites (tertiary alicyclic amines) is 1. The van der Waals surface area contributed by atoms with E-state index in [-0.39, 0.29) is 29.9 Å². The maximum Gasteiger partial charge on any atom is 0.393 e. The number of ether oxygens (including phenoxy) is 1. The number of hydrogen-bond donors (Lipinski definition) is 2. The lowest BCUT2D eigenvalue weighted by Crippen LogP contribution is -2.46. The number of carbonyl (C=O) groups is 1. The molecule has 2 atom stereocenters. The quantitative estimate of drug-likeness (QED) is 0.323. The van der Waals surface area contributed by atoms with E-state index in [2.05, 4.69) is 32.7 Å². The Morgan fingerprint density at radius 3 is 2.75 bits per heavy atom. The van der Waals surface area contributed by atoms with Gasteiger partial charge in [-0.1, -0.05) is 12.0 Å². The molecule has 4 heterocycles. The van der Waals surface area contributed by atoms with Crippen molar-refractivity contribution >= 4 is 17.2 Å². The molecule has 0 bridgehead atoms. The van der Waals surface area contributed by atoms with Gasteiger partial charge in [0.1, 0.15) is 17.7 Å². The number of nitrogens with one attached hydrogen (secondary N) is 2. The average Bonchev–Trinajstić information content (AvgIpc) is 3.47. The van der Waals surface area contributed by atoms with E-state index in [1.54, 1.807) is 30.1 Å². The molecule has 0 saturated carbocycles. The SMILES string of the molecule is COC(C)(C)Cn1cc(C(=O)NCC#Cc2nn3c(N[C@@H]4CCN(C)C[C@@H]4F)cccc3c2CC(F)(F)F)cn1. The van der Waals surface area contributed by atoms with Gasteiger partial charge in [0.15, 0.2) is 0 Å². The van der Waals surface area contributed by atoms with Gasteiger partial charge < -0.3 is 20.3 Å². The minimum absolute atomic E-state index is 0.0596. The maximum absolute atomic E-state index is 14.6. The van der Waals surface area contributed by atoms with Crippen LogP contribution in [-0.4, -0.2) is 88.0 Å². The van der Waals surface area contributed by atoms with E-state index < -0.39 is 36.3 Å². The Kier molecular flexibility index (Phi) is 8.70. The molecule has 3 aromatic heterocycles. The molecular formula is C27H33F4N7O2. The van der Waals surface area contributed by atoms with Crippen LogP contribution in [0.2, 0.25) is 0 Å². The van der Waals surface area contributed by atoms with Gasteiger partial charge in [0.05, 0.1) is 48.4 Å². The van der Waals surface area contributed by atoms with Crippen molar-refractivity contribution < 1.29 is 27.1 Å². The second-order valence-corrected chi connectivity index (χ2v) is 10.5. The van der Waals surface area contributed by atoms with Gasteiger partial charge >= 0.3 is 6.18 Å². The summed E-state index contributed by atoms with van der Waals surface area (Å²) in [6.07, 6.45) is -3.33. The second-order valence-electron chi connectivity index (χ2n) is 10.5. The fourth-order valence-corrected chi connectivity index (χ4v) is 4.49. The van der Waals surface area contributed by atoms with E-state index in [1.165, 1.54) is 16.8 Å². The highest BCUT2D eigenvalue weighted by atomic mass is 19.4. The zero-order valence-electron chi connectivity index (χ0n) is 22.8. The van der Waals surface area contributed by atoms with Crippen LogP contribution in [0.5, 0.6) is 0 Å². The Hall–Kier alpha value is -3.63. The summed E-state index contributed by atoms with van der Waals surface area (Å²) in [6, 6.07) is 4.28. The van der Waals surface area contributed by atoms with Crippen LogP contribution in [-0.2, 0) is 17.7 Å². The van der Waals surface area contributed by atoms with E-state index in [0.717, 1.165) is 0 Å². The smallest absolute Gasteiger partial charge is 0.377 e. The molecule has 216 valence electrons. The molecule has 0 aromatic carbocycles. The zero-order chi connectivity index (χ0) is 29.1. The number of alkyl halides is 4. The number of hydrogen-bond acceptors (Lipinski definition) is 6. The third-order valence-corrected chi connectivity index (χ3v) is 6.75. The highest BCUT2D eigenvalue weighted by molar-refractivity contribution is 5.93. The number of halogens is 4. The summed E-state index contributed by atoms with van der Waals surface area (Å²) in [4.78, 5) is 14.4. The Labute approximate surface area is 229 Å². The van der Waals surface area contributed by atoms with Crippen molar-refractivity contribution in [2.45, 2.75) is 57.2 Å². The molecule has 0 unspecified atom stereocenters. The number of anilines is 1. The number of carbonyl (C=O) groups excluding carboxylic acids is 1. The van der Waals surface area contributed by atoms with Crippen molar-refractivity contribution in [3.63, 3.8) is 0 Å². The first-order chi connectivity index (χ1) is 18.8. The van der Waals surface area contributed by atoms with Crippen LogP contribution >= 0.6 is 0 Å². The molecule has 4 rings (SSSR count). The number of piperidine rings is 1. The van der Waals surface area contributed by atoms with Crippen LogP contribution < -0.4 is 10.6 Å². The standard InChI is InChI=1S/C27H33F4N7O2/c1-26(2,40-4)17-37-15-18(14-33-37)25(39)32-11-6-7-21-19(13-27(29,30)31)23-8-5-9-24(38(23)35-21)34-22-10-12-36(3)16-20(22)28/h5,8-9,14-15,20,22,34H,10-13,16-17H2,1-4H3,(H,32,39)/t20-,22+/m0/s1. The van der Waals surface area contributed by atoms with Crippen LogP contribution in [0.15, 0.2) is 30.6 Å². The first-order valence-electron chi connectivity index (χ1n) is 12.9. The molecule has 0 spiro atoms. The van der Waals surface area contributed by atoms with Gasteiger partial charge in [-0.15, -0.1) is 0 Å². The van der Waals surface area contributed by atoms with Gasteiger partial charge in [-0.25, -0.2) is 8.91 Å². The van der Waals surface area contributed by atoms with Crippen molar-refractivity contribution in [2.24, 2.45) is 0 Å². The summed E-state index contributed by atoms with van der Waals surface area (Å²) in [5.41, 5.74) is -0.0722. The maximum atomic E-state index is 14.6. The summed E-state index contributed by atoms with van der Waals surface area (Å²) < 4.78 is 63.3. The van der Waals surface area contributed by atoms with E-state index >= 15 is 0 Å². The van der Waals surface area contributed by atoms with E-state index in [4.69, 9.17) is 4.74 Å². The molecule has 0 aliphatic carbocycles. The van der Waals surface area contributed by atoms with Gasteiger partial charge in [-0.2, -0.15) is 23.4 Å². The summed E-state index contributed by atoms with van der Waals surface area (Å²) in [5.74, 6) is 5.34. The molecular weight excluding hydrogens is 530 g/mol. The van der Waals surface area contributed by atoms with Crippen LogP contribution in [0, 0.1) is 11.8 Å². The van der Waals surface area contributed by atoms with Gasteiger partial charge in [0.2, 0.25) is 0 Å². The second kappa shape index (κ2) is 11.9. The van der Waals surface area contributed by atoms with E-state index in [9.17, 15) is 22.4 Å². The van der Waals surface area contributed by atoms with E-state index in [0.29, 0.717) is 30.9 Å². The minimum atomic E-state index is -4.49. The average molecular weight is 564 g/mol. The number of rotatable bonds is 8. The Morgan fingerprint density at radius 2 is 2.05 bits per heavy atom. The monoisotopic (exact) mass is 563 g/mol. The van der Waals surface area contributed by atoms with Crippen molar-refractivity contribution in [1.29, 1.82) is 0 Å². The third kappa shape index (κ3) is 7.31. The topological polar surface area (TPSA) is 88.7 Å². The van der Waals surface area contributed by atoms with Crippen molar-refractivity contribution in [1.82, 2.24) is 29.6 Å². The molecule has 1 aliphatic heterocycles. The molecule has 1 amide bonds. The Bertz CT molecular complexity index is 1400. The predicted molar refractivity (Wildman–Crippen MR) is 142 cm³/mol. The summed E-state index contributed by atoms with van der Waals surface area (Å²) in [5, 5.41) is 14.2. The fourth-order valence-electron chi connectivity index (χ4n) is 4.49. The molecule has 1 aliphatic rings. The summed E-state index contributed by atoms with van der Waals surface area (Å²) >= 11 is 0. The van der Waals surface area contributed by atoms with Crippen molar-refractivity contribution in [2.75, 3.05) is 39.1 Å². The van der Waals surface area contributed by atoms with Crippen molar-refractivity contribution in [3.8, 4) is 11.8 Å². The number of methoxy groups -OCH3 is 1. The molecule has 2 N–H and O–H groups in total. The fraction of sp³-hybridized carbons (Fsp3) is 0.519. The van der Waals surface area contributed by atoms with E-state index in [1.807, 2.05) is 25.8 Å². The van der Waals surface area contributed by atoms with Gasteiger partial charge in [0, 0.05) is 32.0 Å². The molecule has 1 saturated heterocycles.